The van der Waals surface area contributed by atoms with Gasteiger partial charge in [0.1, 0.15) is 0 Å². The molecule has 2 aromatic carbocycles. The van der Waals surface area contributed by atoms with E-state index < -0.39 is 9.85 Å². The fourth-order valence-corrected chi connectivity index (χ4v) is 5.23. The third-order valence-electron chi connectivity index (χ3n) is 6.81. The molecule has 0 fully saturated rings. The molecule has 0 heterocycles. The summed E-state index contributed by atoms with van der Waals surface area (Å²) in [4.78, 5) is 43.5. The molecule has 2 aromatic rings. The first kappa shape index (κ1) is 45.2. The van der Waals surface area contributed by atoms with Gasteiger partial charge in [0.2, 0.25) is 17.6 Å². The van der Waals surface area contributed by atoms with Crippen LogP contribution in [-0.4, -0.2) is 41.9 Å². The number of ether oxygens (including phenoxy) is 2. The zero-order valence-electron chi connectivity index (χ0n) is 25.0. The minimum absolute atomic E-state index is 0. The van der Waals surface area contributed by atoms with E-state index in [1.54, 1.807) is 12.1 Å². The van der Waals surface area contributed by atoms with Crippen LogP contribution in [0.3, 0.4) is 0 Å². The van der Waals surface area contributed by atoms with Crippen LogP contribution in [-0.2, 0) is 28.9 Å². The number of fused-ring (bicyclic) bond motifs is 2. The van der Waals surface area contributed by atoms with E-state index in [1.807, 2.05) is 6.08 Å². The second-order valence-electron chi connectivity index (χ2n) is 9.71. The Labute approximate surface area is 323 Å². The van der Waals surface area contributed by atoms with E-state index in [4.69, 9.17) is 9.47 Å². The molecule has 17 heteroatoms. The Morgan fingerprint density at radius 3 is 1.89 bits per heavy atom. The molecular formula is C29H38I5N4O8-. The first-order chi connectivity index (χ1) is 21.5. The van der Waals surface area contributed by atoms with Crippen LogP contribution in [0.25, 0.3) is 6.08 Å². The maximum absolute atomic E-state index is 11.2. The molecule has 0 saturated carbocycles. The van der Waals surface area contributed by atoms with Crippen molar-refractivity contribution in [2.24, 2.45) is 0 Å². The third-order valence-corrected chi connectivity index (χ3v) is 6.81. The predicted octanol–water partition coefficient (Wildman–Crippen LogP) is 5.59. The Morgan fingerprint density at radius 1 is 0.870 bits per heavy atom. The first-order valence-corrected chi connectivity index (χ1v) is 32.3. The van der Waals surface area contributed by atoms with Gasteiger partial charge >= 0.3 is 61.9 Å². The quantitative estimate of drug-likeness (QED) is 0.164. The van der Waals surface area contributed by atoms with E-state index >= 15 is 0 Å². The predicted molar refractivity (Wildman–Crippen MR) is 211 cm³/mol. The van der Waals surface area contributed by atoms with E-state index in [9.17, 15) is 29.8 Å². The van der Waals surface area contributed by atoms with Gasteiger partial charge in [-0.05, 0) is 68.2 Å². The van der Waals surface area contributed by atoms with Gasteiger partial charge in [0.25, 0.3) is 0 Å². The zero-order chi connectivity index (χ0) is 34.1. The van der Waals surface area contributed by atoms with Crippen LogP contribution >= 0.6 is 74.5 Å². The number of nitro benzene ring substituents is 2. The molecule has 46 heavy (non-hydrogen) atoms. The Kier molecular flexibility index (Phi) is 23.9. The summed E-state index contributed by atoms with van der Waals surface area (Å²) < 4.78 is 10.5. The summed E-state index contributed by atoms with van der Waals surface area (Å²) in [6, 6.07) is 6.47. The number of benzene rings is 2. The van der Waals surface area contributed by atoms with Gasteiger partial charge in [0, 0.05) is 86.1 Å². The standard InChI is InChI=1S/C14H18N2O4.C14H16N2O4.CH4.I3.I2/c2*1-9(17)15-11-4-3-5-12-10(8-11)6-7-13(16(18)19)14(12)20-2;;1-3-2;1-2/h6-7,11H,3-5,8H2,1-2H3,(H,15,17);6-8H,3-5H2,1-2H3,(H,15,17);1H4;;/q;;;-1;/t11-;;;;/m0..../s1. The van der Waals surface area contributed by atoms with Crippen molar-refractivity contribution in [1.29, 1.82) is 0 Å². The first-order valence-electron chi connectivity index (χ1n) is 13.4. The van der Waals surface area contributed by atoms with Gasteiger partial charge in [-0.3, -0.25) is 29.8 Å². The monoisotopic (exact) mass is 1200 g/mol. The second-order valence-corrected chi connectivity index (χ2v) is 26.0. The van der Waals surface area contributed by atoms with Crippen molar-refractivity contribution in [3.05, 3.63) is 72.4 Å². The fourth-order valence-electron chi connectivity index (χ4n) is 5.23. The number of hydrogen-bond donors (Lipinski definition) is 2. The molecule has 2 amide bonds. The number of halogens is 5. The van der Waals surface area contributed by atoms with Crippen LogP contribution in [0.15, 0.2) is 30.0 Å². The molecule has 0 spiro atoms. The van der Waals surface area contributed by atoms with Gasteiger partial charge in [-0.1, -0.05) is 13.5 Å². The Morgan fingerprint density at radius 2 is 1.39 bits per heavy atom. The topological polar surface area (TPSA) is 163 Å². The van der Waals surface area contributed by atoms with Crippen molar-refractivity contribution in [3.8, 4) is 11.5 Å². The summed E-state index contributed by atoms with van der Waals surface area (Å²) in [5.41, 5.74) is 4.40. The summed E-state index contributed by atoms with van der Waals surface area (Å²) in [5.74, 6) is 0.504. The zero-order valence-corrected chi connectivity index (χ0v) is 35.8. The number of hydrogen-bond acceptors (Lipinski definition) is 8. The van der Waals surface area contributed by atoms with Crippen molar-refractivity contribution in [2.75, 3.05) is 14.2 Å². The van der Waals surface area contributed by atoms with Crippen LogP contribution in [0, 0.1) is 20.2 Å². The third kappa shape index (κ3) is 14.3. The van der Waals surface area contributed by atoms with Crippen LogP contribution in [0.2, 0.25) is 0 Å². The molecule has 0 bridgehead atoms. The van der Waals surface area contributed by atoms with Gasteiger partial charge in [-0.25, -0.2) is 0 Å². The van der Waals surface area contributed by atoms with Crippen molar-refractivity contribution in [3.63, 3.8) is 0 Å². The van der Waals surface area contributed by atoms with Crippen molar-refractivity contribution < 1.29 is 42.2 Å². The number of carbonyl (C=O) groups is 2. The van der Waals surface area contributed by atoms with Crippen molar-refractivity contribution >= 4 is 104 Å². The molecule has 258 valence electrons. The maximum atomic E-state index is 11.2. The van der Waals surface area contributed by atoms with E-state index in [2.05, 4.69) is 85.1 Å². The molecule has 12 nitrogen and oxygen atoms in total. The van der Waals surface area contributed by atoms with Gasteiger partial charge in [0.15, 0.2) is 5.75 Å². The molecule has 2 aliphatic rings. The summed E-state index contributed by atoms with van der Waals surface area (Å²) in [7, 11) is 2.89. The molecular weight excluding hydrogens is 1170 g/mol. The normalized spacial score (nSPS) is 14.3. The van der Waals surface area contributed by atoms with Crippen LogP contribution < -0.4 is 33.4 Å². The molecule has 2 aliphatic carbocycles. The van der Waals surface area contributed by atoms with E-state index in [1.165, 1.54) is 40.2 Å². The SMILES string of the molecule is C.COc1c([N+](=O)[O-])ccc2c1CCCC(NC(C)=O)=C2.COc1c([N+](=O)[O-])ccc2c1CCC[C@H](NC(C)=O)C2.II.I[I-]I. The number of rotatable bonds is 6. The van der Waals surface area contributed by atoms with Crippen LogP contribution in [0.4, 0.5) is 11.4 Å². The Hall–Kier alpha value is -0.830. The van der Waals surface area contributed by atoms with Crippen molar-refractivity contribution in [1.82, 2.24) is 10.6 Å². The molecule has 0 unspecified atom stereocenters. The second kappa shape index (κ2) is 24.3. The molecule has 0 radical (unpaired) electrons. The summed E-state index contributed by atoms with van der Waals surface area (Å²) in [6.07, 6.45) is 7.22. The molecule has 0 aliphatic heterocycles. The number of nitrogens with zero attached hydrogens (tertiary/aromatic N) is 2. The average molecular weight is 1210 g/mol. The number of nitro groups is 2. The molecule has 4 rings (SSSR count). The summed E-state index contributed by atoms with van der Waals surface area (Å²) in [6.45, 7) is 2.96. The molecule has 2 N–H and O–H groups in total. The molecule has 0 saturated heterocycles. The average Bonchev–Trinajstić information content (AvgIpc) is 3.32. The van der Waals surface area contributed by atoms with E-state index in [-0.39, 0.29) is 36.7 Å². The van der Waals surface area contributed by atoms with Crippen molar-refractivity contribution in [2.45, 2.75) is 72.3 Å². The minimum atomic E-state index is -0.442. The fraction of sp³-hybridized carbons (Fsp3) is 0.448. The Balaban J connectivity index is 0.000000758. The van der Waals surface area contributed by atoms with Gasteiger partial charge < -0.3 is 20.1 Å². The number of carbonyl (C=O) groups excluding carboxylic acids is 2. The van der Waals surface area contributed by atoms with Gasteiger partial charge in [-0.2, -0.15) is 0 Å². The summed E-state index contributed by atoms with van der Waals surface area (Å²) in [5, 5.41) is 27.8. The van der Waals surface area contributed by atoms with E-state index in [0.29, 0.717) is 37.6 Å². The number of allylic oxidation sites excluding steroid dienone is 1. The molecule has 0 aromatic heterocycles. The van der Waals surface area contributed by atoms with E-state index in [0.717, 1.165) is 60.1 Å². The molecule has 1 atom stereocenters. The summed E-state index contributed by atoms with van der Waals surface area (Å²) >= 11 is 9.54. The van der Waals surface area contributed by atoms with Gasteiger partial charge in [-0.15, -0.1) is 0 Å². The number of nitrogens with one attached hydrogen (secondary N) is 2. The van der Waals surface area contributed by atoms with Crippen LogP contribution in [0.1, 0.15) is 69.2 Å². The van der Waals surface area contributed by atoms with Crippen LogP contribution in [0.5, 0.6) is 11.5 Å². The Bertz CT molecular complexity index is 1380. The number of methoxy groups -OCH3 is 2. The number of amides is 2. The van der Waals surface area contributed by atoms with Gasteiger partial charge in [0.05, 0.1) is 24.1 Å².